The number of nitrogens with one attached hydrogen (secondary N) is 2. The maximum absolute atomic E-state index is 12.6. The number of amides is 1. The molecule has 2 fully saturated rings. The standard InChI is InChI=1S/C21H26Cl2N6O/c1-14(16-5-4-15(22)13-17(16)23)26-19-6-8-25-21(27-19)29-11-9-28(10-12-29)20(30)18-3-2-7-24-18/h4-6,8,13-14,18,24H,2-3,7,9-12H2,1H3,(H,25,26,27)/t14-,18-/m1/s1. The molecule has 30 heavy (non-hydrogen) atoms. The minimum atomic E-state index is -0.0362. The highest BCUT2D eigenvalue weighted by Gasteiger charge is 2.29. The molecule has 1 aromatic heterocycles. The third kappa shape index (κ3) is 4.79. The summed E-state index contributed by atoms with van der Waals surface area (Å²) in [6, 6.07) is 7.28. The molecule has 0 unspecified atom stereocenters. The van der Waals surface area contributed by atoms with E-state index >= 15 is 0 Å². The average Bonchev–Trinajstić information content (AvgIpc) is 3.28. The number of halogens is 2. The highest BCUT2D eigenvalue weighted by molar-refractivity contribution is 6.35. The van der Waals surface area contributed by atoms with E-state index in [1.54, 1.807) is 12.3 Å². The molecule has 0 spiro atoms. The molecule has 0 saturated carbocycles. The lowest BCUT2D eigenvalue weighted by molar-refractivity contribution is -0.133. The Morgan fingerprint density at radius 1 is 1.23 bits per heavy atom. The second kappa shape index (κ2) is 9.37. The second-order valence-corrected chi connectivity index (χ2v) is 8.58. The van der Waals surface area contributed by atoms with Gasteiger partial charge in [0.25, 0.3) is 0 Å². The van der Waals surface area contributed by atoms with Crippen LogP contribution in [0.5, 0.6) is 0 Å². The molecule has 2 N–H and O–H groups in total. The quantitative estimate of drug-likeness (QED) is 0.730. The van der Waals surface area contributed by atoms with Crippen molar-refractivity contribution in [1.29, 1.82) is 0 Å². The van der Waals surface area contributed by atoms with Gasteiger partial charge in [-0.05, 0) is 50.1 Å². The number of hydrogen-bond acceptors (Lipinski definition) is 6. The van der Waals surface area contributed by atoms with E-state index in [4.69, 9.17) is 23.2 Å². The van der Waals surface area contributed by atoms with E-state index in [-0.39, 0.29) is 18.0 Å². The predicted molar refractivity (Wildman–Crippen MR) is 120 cm³/mol. The van der Waals surface area contributed by atoms with Gasteiger partial charge in [0, 0.05) is 42.4 Å². The molecule has 160 valence electrons. The van der Waals surface area contributed by atoms with Crippen LogP contribution >= 0.6 is 23.2 Å². The van der Waals surface area contributed by atoms with Gasteiger partial charge in [0.05, 0.1) is 12.1 Å². The van der Waals surface area contributed by atoms with Crippen LogP contribution in [0.25, 0.3) is 0 Å². The molecule has 0 aliphatic carbocycles. The summed E-state index contributed by atoms with van der Waals surface area (Å²) < 4.78 is 0. The van der Waals surface area contributed by atoms with Gasteiger partial charge in [0.2, 0.25) is 11.9 Å². The lowest BCUT2D eigenvalue weighted by Gasteiger charge is -2.36. The van der Waals surface area contributed by atoms with E-state index in [1.165, 1.54) is 0 Å². The summed E-state index contributed by atoms with van der Waals surface area (Å²) in [6.45, 7) is 5.78. The fourth-order valence-corrected chi connectivity index (χ4v) is 4.55. The molecule has 2 aliphatic heterocycles. The van der Waals surface area contributed by atoms with Crippen LogP contribution in [0, 0.1) is 0 Å². The first-order chi connectivity index (χ1) is 14.5. The Kier molecular flexibility index (Phi) is 6.61. The lowest BCUT2D eigenvalue weighted by Crippen LogP contribution is -2.53. The maximum Gasteiger partial charge on any atom is 0.239 e. The molecule has 3 heterocycles. The molecular weight excluding hydrogens is 423 g/mol. The van der Waals surface area contributed by atoms with Crippen LogP contribution in [-0.2, 0) is 4.79 Å². The van der Waals surface area contributed by atoms with Crippen molar-refractivity contribution in [3.05, 3.63) is 46.1 Å². The fraction of sp³-hybridized carbons (Fsp3) is 0.476. The number of carbonyl (C=O) groups is 1. The van der Waals surface area contributed by atoms with Gasteiger partial charge in [-0.25, -0.2) is 4.98 Å². The molecule has 2 aromatic rings. The number of aromatic nitrogens is 2. The van der Waals surface area contributed by atoms with E-state index in [0.717, 1.165) is 43.9 Å². The first kappa shape index (κ1) is 21.2. The molecule has 0 bridgehead atoms. The smallest absolute Gasteiger partial charge is 0.239 e. The van der Waals surface area contributed by atoms with Crippen LogP contribution < -0.4 is 15.5 Å². The van der Waals surface area contributed by atoms with Gasteiger partial charge in [-0.1, -0.05) is 29.3 Å². The van der Waals surface area contributed by atoms with Crippen LogP contribution in [0.2, 0.25) is 10.0 Å². The summed E-state index contributed by atoms with van der Waals surface area (Å²) in [4.78, 5) is 25.8. The summed E-state index contributed by atoms with van der Waals surface area (Å²) in [5.41, 5.74) is 0.953. The number of anilines is 2. The number of carbonyl (C=O) groups excluding carboxylic acids is 1. The summed E-state index contributed by atoms with van der Waals surface area (Å²) in [5.74, 6) is 1.62. The molecule has 1 amide bonds. The van der Waals surface area contributed by atoms with Crippen molar-refractivity contribution in [1.82, 2.24) is 20.2 Å². The van der Waals surface area contributed by atoms with E-state index in [2.05, 4.69) is 25.5 Å². The van der Waals surface area contributed by atoms with Gasteiger partial charge in [-0.15, -0.1) is 0 Å². The molecule has 9 heteroatoms. The molecule has 2 atom stereocenters. The largest absolute Gasteiger partial charge is 0.363 e. The van der Waals surface area contributed by atoms with Gasteiger partial charge in [-0.3, -0.25) is 4.79 Å². The Balaban J connectivity index is 1.37. The fourth-order valence-electron chi connectivity index (χ4n) is 3.98. The summed E-state index contributed by atoms with van der Waals surface area (Å²) in [6.07, 6.45) is 3.76. The van der Waals surface area contributed by atoms with Crippen LogP contribution in [0.1, 0.15) is 31.4 Å². The van der Waals surface area contributed by atoms with Crippen LogP contribution in [0.3, 0.4) is 0 Å². The van der Waals surface area contributed by atoms with E-state index in [9.17, 15) is 4.79 Å². The molecule has 1 aromatic carbocycles. The first-order valence-electron chi connectivity index (χ1n) is 10.3. The van der Waals surface area contributed by atoms with Crippen molar-refractivity contribution in [2.75, 3.05) is 42.9 Å². The Morgan fingerprint density at radius 2 is 2.03 bits per heavy atom. The van der Waals surface area contributed by atoms with E-state index in [1.807, 2.05) is 30.0 Å². The van der Waals surface area contributed by atoms with Gasteiger partial charge < -0.3 is 20.4 Å². The number of nitrogens with zero attached hydrogens (tertiary/aromatic N) is 4. The Hall–Kier alpha value is -2.09. The monoisotopic (exact) mass is 448 g/mol. The van der Waals surface area contributed by atoms with Crippen molar-refractivity contribution >= 4 is 40.9 Å². The van der Waals surface area contributed by atoms with Crippen LogP contribution in [0.4, 0.5) is 11.8 Å². The number of rotatable bonds is 5. The lowest BCUT2D eigenvalue weighted by atomic mass is 10.1. The van der Waals surface area contributed by atoms with Gasteiger partial charge >= 0.3 is 0 Å². The van der Waals surface area contributed by atoms with Crippen LogP contribution in [-0.4, -0.2) is 59.5 Å². The van der Waals surface area contributed by atoms with Gasteiger partial charge in [0.1, 0.15) is 5.82 Å². The molecular formula is C21H26Cl2N6O. The zero-order valence-electron chi connectivity index (χ0n) is 16.9. The Bertz CT molecular complexity index is 897. The van der Waals surface area contributed by atoms with E-state index in [0.29, 0.717) is 29.1 Å². The first-order valence-corrected chi connectivity index (χ1v) is 11.1. The third-order valence-corrected chi connectivity index (χ3v) is 6.23. The summed E-state index contributed by atoms with van der Waals surface area (Å²) >= 11 is 12.3. The molecule has 0 radical (unpaired) electrons. The molecule has 4 rings (SSSR count). The zero-order chi connectivity index (χ0) is 21.1. The normalized spacial score (nSPS) is 20.3. The topological polar surface area (TPSA) is 73.4 Å². The van der Waals surface area contributed by atoms with Crippen molar-refractivity contribution in [3.63, 3.8) is 0 Å². The Labute approximate surface area is 186 Å². The van der Waals surface area contributed by atoms with Gasteiger partial charge in [-0.2, -0.15) is 4.98 Å². The SMILES string of the molecule is C[C@@H](Nc1ccnc(N2CCN(C(=O)[C@H]3CCCN3)CC2)n1)c1ccc(Cl)cc1Cl. The molecule has 2 saturated heterocycles. The predicted octanol–water partition coefficient (Wildman–Crippen LogP) is 3.36. The second-order valence-electron chi connectivity index (χ2n) is 7.74. The van der Waals surface area contributed by atoms with E-state index < -0.39 is 0 Å². The molecule has 7 nitrogen and oxygen atoms in total. The summed E-state index contributed by atoms with van der Waals surface area (Å²) in [7, 11) is 0. The number of hydrogen-bond donors (Lipinski definition) is 2. The number of benzene rings is 1. The maximum atomic E-state index is 12.6. The highest BCUT2D eigenvalue weighted by Crippen LogP contribution is 2.28. The summed E-state index contributed by atoms with van der Waals surface area (Å²) in [5, 5.41) is 7.90. The van der Waals surface area contributed by atoms with Crippen molar-refractivity contribution < 1.29 is 4.79 Å². The number of piperazine rings is 1. The zero-order valence-corrected chi connectivity index (χ0v) is 18.5. The minimum Gasteiger partial charge on any atom is -0.363 e. The average molecular weight is 449 g/mol. The minimum absolute atomic E-state index is 0.0125. The molecule has 2 aliphatic rings. The Morgan fingerprint density at radius 3 is 2.73 bits per heavy atom. The van der Waals surface area contributed by atoms with Gasteiger partial charge in [0.15, 0.2) is 0 Å². The third-order valence-electron chi connectivity index (χ3n) is 5.67. The van der Waals surface area contributed by atoms with Crippen molar-refractivity contribution in [3.8, 4) is 0 Å². The van der Waals surface area contributed by atoms with Crippen molar-refractivity contribution in [2.24, 2.45) is 0 Å². The van der Waals surface area contributed by atoms with Crippen molar-refractivity contribution in [2.45, 2.75) is 31.8 Å². The van der Waals surface area contributed by atoms with Crippen LogP contribution in [0.15, 0.2) is 30.5 Å². The highest BCUT2D eigenvalue weighted by atomic mass is 35.5.